The quantitative estimate of drug-likeness (QED) is 0.0917. The lowest BCUT2D eigenvalue weighted by Gasteiger charge is -2.13. The Balaban J connectivity index is 1.60. The van der Waals surface area contributed by atoms with Crippen molar-refractivity contribution in [3.63, 3.8) is 0 Å². The Labute approximate surface area is 278 Å². The Bertz CT molecular complexity index is 1590. The van der Waals surface area contributed by atoms with Gasteiger partial charge in [0.25, 0.3) is 0 Å². The number of methoxy groups -OCH3 is 2. The van der Waals surface area contributed by atoms with Gasteiger partial charge < -0.3 is 23.9 Å². The maximum Gasteiger partial charge on any atom is 0.342 e. The molecular formula is C28H23Cl2I2N3O5S. The number of benzene rings is 3. The molecule has 1 heterocycles. The van der Waals surface area contributed by atoms with Crippen molar-refractivity contribution in [2.75, 3.05) is 14.2 Å². The van der Waals surface area contributed by atoms with Crippen molar-refractivity contribution in [1.29, 1.82) is 0 Å². The van der Waals surface area contributed by atoms with Crippen molar-refractivity contribution >= 4 is 92.2 Å². The second-order valence-electron chi connectivity index (χ2n) is 8.41. The normalized spacial score (nSPS) is 11.4. The number of carboxylic acids is 1. The van der Waals surface area contributed by atoms with E-state index in [0.29, 0.717) is 50.4 Å². The summed E-state index contributed by atoms with van der Waals surface area (Å²) >= 11 is 17.7. The molecule has 0 saturated carbocycles. The molecule has 0 fully saturated rings. The molecule has 0 amide bonds. The summed E-state index contributed by atoms with van der Waals surface area (Å²) in [5.41, 5.74) is 2.26. The molecule has 0 spiro atoms. The highest BCUT2D eigenvalue weighted by atomic mass is 127. The minimum Gasteiger partial charge on any atom is -0.497 e. The van der Waals surface area contributed by atoms with Crippen LogP contribution in [-0.4, -0.2) is 40.1 Å². The predicted octanol–water partition coefficient (Wildman–Crippen LogP) is 8.30. The third-order valence-electron chi connectivity index (χ3n) is 5.76. The molecular weight excluding hydrogens is 815 g/mol. The lowest BCUT2D eigenvalue weighted by Crippen LogP contribution is -2.03. The van der Waals surface area contributed by atoms with E-state index >= 15 is 0 Å². The van der Waals surface area contributed by atoms with Crippen molar-refractivity contribution in [3.8, 4) is 28.6 Å². The monoisotopic (exact) mass is 837 g/mol. The number of carbonyl (C=O) groups is 1. The van der Waals surface area contributed by atoms with Gasteiger partial charge in [-0.2, -0.15) is 0 Å². The summed E-state index contributed by atoms with van der Waals surface area (Å²) < 4.78 is 20.3. The number of halogens is 4. The summed E-state index contributed by atoms with van der Waals surface area (Å²) in [6.45, 7) is 2.73. The number of aliphatic carboxylic acids is 1. The van der Waals surface area contributed by atoms with Crippen LogP contribution in [0.1, 0.15) is 18.1 Å². The van der Waals surface area contributed by atoms with E-state index in [4.69, 9.17) is 37.4 Å². The summed E-state index contributed by atoms with van der Waals surface area (Å²) in [6, 6.07) is 14.4. The van der Waals surface area contributed by atoms with E-state index in [9.17, 15) is 9.90 Å². The first-order valence-electron chi connectivity index (χ1n) is 12.0. The largest absolute Gasteiger partial charge is 0.497 e. The Morgan fingerprint density at radius 1 is 1.02 bits per heavy atom. The number of hydrogen-bond donors (Lipinski definition) is 1. The molecule has 41 heavy (non-hydrogen) atoms. The molecule has 0 bridgehead atoms. The molecule has 8 nitrogen and oxygen atoms in total. The maximum atomic E-state index is 12.3. The zero-order valence-corrected chi connectivity index (χ0v) is 28.6. The fraction of sp³-hybridized carbons (Fsp3) is 0.179. The molecule has 4 rings (SSSR count). The smallest absolute Gasteiger partial charge is 0.342 e. The fourth-order valence-electron chi connectivity index (χ4n) is 3.77. The molecule has 1 N–H and O–H groups in total. The van der Waals surface area contributed by atoms with E-state index in [1.165, 1.54) is 0 Å². The van der Waals surface area contributed by atoms with Crippen LogP contribution in [0.25, 0.3) is 17.5 Å². The molecule has 4 aromatic rings. The van der Waals surface area contributed by atoms with Crippen LogP contribution in [0.15, 0.2) is 58.6 Å². The van der Waals surface area contributed by atoms with Crippen LogP contribution in [0.5, 0.6) is 17.2 Å². The summed E-state index contributed by atoms with van der Waals surface area (Å²) in [7, 11) is 3.15. The van der Waals surface area contributed by atoms with Crippen LogP contribution in [0.2, 0.25) is 10.0 Å². The Hall–Kier alpha value is -2.20. The number of carboxylic acid groups (broad SMARTS) is 1. The van der Waals surface area contributed by atoms with Crippen LogP contribution >= 0.6 is 80.1 Å². The van der Waals surface area contributed by atoms with Gasteiger partial charge in [-0.15, -0.1) is 10.2 Å². The van der Waals surface area contributed by atoms with Crippen LogP contribution in [0.3, 0.4) is 0 Å². The van der Waals surface area contributed by atoms with Gasteiger partial charge >= 0.3 is 5.97 Å². The standard InChI is InChI=1S/C28H23Cl2I2N3O5S/c1-4-35-26(17-10-19(38-2)13-20(11-17)39-3)33-34-28(35)41-24(27(36)37)9-15-7-22(31)25(23(32)8-15)40-14-16-5-6-18(29)12-21(16)30/h5-13H,4,14H2,1-3H3,(H,36,37)/b24-9-. The lowest BCUT2D eigenvalue weighted by molar-refractivity contribution is -0.131. The third-order valence-corrected chi connectivity index (χ3v) is 8.95. The number of nitrogens with zero attached hydrogens (tertiary/aromatic N) is 3. The number of rotatable bonds is 11. The SMILES string of the molecule is CCn1c(S/C(=C\c2cc(I)c(OCc3ccc(Cl)cc3Cl)c(I)c2)C(=O)O)nnc1-c1cc(OC)cc(OC)c1. The average Bonchev–Trinajstić information content (AvgIpc) is 3.35. The highest BCUT2D eigenvalue weighted by Gasteiger charge is 2.20. The first-order chi connectivity index (χ1) is 19.6. The average molecular weight is 838 g/mol. The molecule has 0 aliphatic carbocycles. The zero-order chi connectivity index (χ0) is 29.7. The number of hydrogen-bond acceptors (Lipinski definition) is 7. The van der Waals surface area contributed by atoms with Gasteiger partial charge in [0, 0.05) is 33.8 Å². The maximum absolute atomic E-state index is 12.3. The molecule has 0 unspecified atom stereocenters. The van der Waals surface area contributed by atoms with Crippen molar-refractivity contribution in [3.05, 3.63) is 81.7 Å². The molecule has 1 aromatic heterocycles. The minimum atomic E-state index is -1.08. The van der Waals surface area contributed by atoms with Gasteiger partial charge in [0.2, 0.25) is 0 Å². The Kier molecular flexibility index (Phi) is 11.1. The summed E-state index contributed by atoms with van der Waals surface area (Å²) in [6.07, 6.45) is 1.61. The fourth-order valence-corrected chi connectivity index (χ4v) is 7.25. The molecule has 0 aliphatic rings. The van der Waals surface area contributed by atoms with E-state index in [-0.39, 0.29) is 11.5 Å². The number of thioether (sulfide) groups is 1. The van der Waals surface area contributed by atoms with Crippen LogP contribution in [-0.2, 0) is 17.9 Å². The molecule has 0 radical (unpaired) electrons. The van der Waals surface area contributed by atoms with E-state index in [1.807, 2.05) is 41.8 Å². The van der Waals surface area contributed by atoms with Gasteiger partial charge in [0.1, 0.15) is 28.8 Å². The van der Waals surface area contributed by atoms with Crippen LogP contribution < -0.4 is 14.2 Å². The number of ether oxygens (including phenoxy) is 3. The van der Waals surface area contributed by atoms with Crippen molar-refractivity contribution in [2.45, 2.75) is 25.2 Å². The van der Waals surface area contributed by atoms with Gasteiger partial charge in [-0.25, -0.2) is 4.79 Å². The highest BCUT2D eigenvalue weighted by Crippen LogP contribution is 2.35. The van der Waals surface area contributed by atoms with E-state index in [2.05, 4.69) is 55.4 Å². The van der Waals surface area contributed by atoms with Gasteiger partial charge in [0.15, 0.2) is 11.0 Å². The van der Waals surface area contributed by atoms with Gasteiger partial charge in [0.05, 0.1) is 21.4 Å². The molecule has 0 aliphatic heterocycles. The Morgan fingerprint density at radius 2 is 1.68 bits per heavy atom. The summed E-state index contributed by atoms with van der Waals surface area (Å²) in [4.78, 5) is 12.4. The van der Waals surface area contributed by atoms with E-state index < -0.39 is 5.97 Å². The Morgan fingerprint density at radius 3 is 2.24 bits per heavy atom. The predicted molar refractivity (Wildman–Crippen MR) is 178 cm³/mol. The molecule has 214 valence electrons. The lowest BCUT2D eigenvalue weighted by atomic mass is 10.2. The molecule has 13 heteroatoms. The van der Waals surface area contributed by atoms with E-state index in [0.717, 1.165) is 30.0 Å². The second kappa shape index (κ2) is 14.3. The zero-order valence-electron chi connectivity index (χ0n) is 22.0. The summed E-state index contributed by atoms with van der Waals surface area (Å²) in [5.74, 6) is 1.40. The van der Waals surface area contributed by atoms with Crippen LogP contribution in [0.4, 0.5) is 0 Å². The topological polar surface area (TPSA) is 95.7 Å². The summed E-state index contributed by atoms with van der Waals surface area (Å²) in [5, 5.41) is 20.2. The van der Waals surface area contributed by atoms with Gasteiger partial charge in [-0.05, 0) is 112 Å². The van der Waals surface area contributed by atoms with Crippen molar-refractivity contribution < 1.29 is 24.1 Å². The molecule has 0 atom stereocenters. The van der Waals surface area contributed by atoms with Crippen molar-refractivity contribution in [2.24, 2.45) is 0 Å². The third kappa shape index (κ3) is 7.80. The van der Waals surface area contributed by atoms with Gasteiger partial charge in [-0.1, -0.05) is 29.3 Å². The molecule has 3 aromatic carbocycles. The second-order valence-corrected chi connectivity index (χ2v) is 12.6. The van der Waals surface area contributed by atoms with Gasteiger partial charge in [-0.3, -0.25) is 0 Å². The minimum absolute atomic E-state index is 0.0927. The number of aromatic nitrogens is 3. The molecule has 0 saturated heterocycles. The first-order valence-corrected chi connectivity index (χ1v) is 15.7. The van der Waals surface area contributed by atoms with Crippen molar-refractivity contribution in [1.82, 2.24) is 14.8 Å². The van der Waals surface area contributed by atoms with E-state index in [1.54, 1.807) is 38.5 Å². The highest BCUT2D eigenvalue weighted by molar-refractivity contribution is 14.1. The first kappa shape index (κ1) is 31.7. The van der Waals surface area contributed by atoms with Crippen LogP contribution in [0, 0.1) is 7.14 Å².